The van der Waals surface area contributed by atoms with Gasteiger partial charge in [-0.1, -0.05) is 15.9 Å². The first kappa shape index (κ1) is 14.7. The number of Topliss-reactive ketones (excluding diaryl/α,β-unsaturated/α-hetero) is 1. The van der Waals surface area contributed by atoms with E-state index in [0.29, 0.717) is 16.9 Å². The van der Waals surface area contributed by atoms with E-state index in [9.17, 15) is 9.59 Å². The Kier molecular flexibility index (Phi) is 5.34. The van der Waals surface area contributed by atoms with Gasteiger partial charge in [0.1, 0.15) is 11.5 Å². The zero-order valence-corrected chi connectivity index (χ0v) is 12.1. The van der Waals surface area contributed by atoms with E-state index < -0.39 is 10.8 Å². The molecule has 1 rings (SSSR count). The van der Waals surface area contributed by atoms with Crippen molar-refractivity contribution in [1.82, 2.24) is 0 Å². The van der Waals surface area contributed by atoms with Gasteiger partial charge in [0.15, 0.2) is 0 Å². The molecule has 1 unspecified atom stereocenters. The smallest absolute Gasteiger partial charge is 0.338 e. The third kappa shape index (κ3) is 3.32. The molecule has 0 saturated heterocycles. The molecule has 0 aliphatic carbocycles. The molecule has 0 saturated carbocycles. The highest BCUT2D eigenvalue weighted by Crippen LogP contribution is 2.30. The number of ketones is 1. The molecule has 0 radical (unpaired) electrons. The fourth-order valence-electron chi connectivity index (χ4n) is 1.49. The van der Waals surface area contributed by atoms with Crippen molar-refractivity contribution in [3.8, 4) is 5.75 Å². The maximum atomic E-state index is 11.8. The van der Waals surface area contributed by atoms with E-state index in [2.05, 4.69) is 15.9 Å². The number of halogens is 1. The fourth-order valence-corrected chi connectivity index (χ4v) is 1.87. The maximum absolute atomic E-state index is 11.8. The van der Waals surface area contributed by atoms with E-state index in [1.807, 2.05) is 0 Å². The van der Waals surface area contributed by atoms with E-state index in [1.54, 1.807) is 25.1 Å². The van der Waals surface area contributed by atoms with Crippen LogP contribution in [0.3, 0.4) is 0 Å². The Morgan fingerprint density at radius 1 is 1.39 bits per heavy atom. The van der Waals surface area contributed by atoms with Crippen LogP contribution in [0.15, 0.2) is 18.2 Å². The van der Waals surface area contributed by atoms with Crippen molar-refractivity contribution in [1.29, 1.82) is 0 Å². The van der Waals surface area contributed by atoms with Gasteiger partial charge in [-0.3, -0.25) is 4.79 Å². The number of esters is 1. The van der Waals surface area contributed by atoms with Crippen molar-refractivity contribution in [3.05, 3.63) is 29.3 Å². The summed E-state index contributed by atoms with van der Waals surface area (Å²) in [6.45, 7) is 3.48. The van der Waals surface area contributed by atoms with Gasteiger partial charge in [0.25, 0.3) is 0 Å². The number of carbonyl (C=O) groups excluding carboxylic acids is 2. The maximum Gasteiger partial charge on any atom is 0.338 e. The van der Waals surface area contributed by atoms with Gasteiger partial charge in [0, 0.05) is 0 Å². The molecule has 0 aliphatic heterocycles. The lowest BCUT2D eigenvalue weighted by Crippen LogP contribution is -2.12. The summed E-state index contributed by atoms with van der Waals surface area (Å²) in [5.74, 6) is 0.0541. The molecule has 0 heterocycles. The van der Waals surface area contributed by atoms with Crippen LogP contribution in [0.5, 0.6) is 5.75 Å². The van der Waals surface area contributed by atoms with Crippen molar-refractivity contribution in [3.63, 3.8) is 0 Å². The molecule has 0 fully saturated rings. The van der Waals surface area contributed by atoms with E-state index >= 15 is 0 Å². The highest BCUT2D eigenvalue weighted by molar-refractivity contribution is 9.09. The first-order valence-corrected chi connectivity index (χ1v) is 6.42. The summed E-state index contributed by atoms with van der Waals surface area (Å²) < 4.78 is 10.1. The third-order valence-corrected chi connectivity index (χ3v) is 3.52. The van der Waals surface area contributed by atoms with E-state index in [1.165, 1.54) is 14.0 Å². The first-order valence-electron chi connectivity index (χ1n) is 5.50. The Morgan fingerprint density at radius 3 is 2.56 bits per heavy atom. The molecule has 5 heteroatoms. The predicted octanol–water partition coefficient (Wildman–Crippen LogP) is 2.90. The Balaban J connectivity index is 3.24. The zero-order valence-electron chi connectivity index (χ0n) is 10.5. The molecule has 0 N–H and O–H groups in total. The number of methoxy groups -OCH3 is 1. The topological polar surface area (TPSA) is 52.6 Å². The first-order chi connectivity index (χ1) is 8.51. The molecule has 18 heavy (non-hydrogen) atoms. The molecule has 1 aromatic carbocycles. The minimum absolute atomic E-state index is 0.0891. The van der Waals surface area contributed by atoms with E-state index in [-0.39, 0.29) is 12.4 Å². The van der Waals surface area contributed by atoms with Gasteiger partial charge >= 0.3 is 5.97 Å². The molecule has 0 aliphatic rings. The third-order valence-electron chi connectivity index (χ3n) is 2.38. The summed E-state index contributed by atoms with van der Waals surface area (Å²) in [7, 11) is 1.53. The van der Waals surface area contributed by atoms with Crippen LogP contribution in [0, 0.1) is 0 Å². The van der Waals surface area contributed by atoms with Crippen LogP contribution in [-0.2, 0) is 9.53 Å². The van der Waals surface area contributed by atoms with Crippen LogP contribution >= 0.6 is 15.9 Å². The van der Waals surface area contributed by atoms with Gasteiger partial charge in [0.05, 0.1) is 24.1 Å². The Labute approximate surface area is 114 Å². The zero-order chi connectivity index (χ0) is 13.7. The fraction of sp³-hybridized carbons (Fsp3) is 0.385. The van der Waals surface area contributed by atoms with Crippen LogP contribution < -0.4 is 4.74 Å². The van der Waals surface area contributed by atoms with Crippen LogP contribution in [0.25, 0.3) is 0 Å². The van der Waals surface area contributed by atoms with E-state index in [4.69, 9.17) is 9.47 Å². The predicted molar refractivity (Wildman–Crippen MR) is 71.3 cm³/mol. The number of benzene rings is 1. The summed E-state index contributed by atoms with van der Waals surface area (Å²) in [5, 5.41) is 0. The summed E-state index contributed by atoms with van der Waals surface area (Å²) in [5.41, 5.74) is 0.926. The van der Waals surface area contributed by atoms with Gasteiger partial charge in [-0.05, 0) is 37.6 Å². The molecule has 0 bridgehead atoms. The van der Waals surface area contributed by atoms with Crippen LogP contribution in [0.2, 0.25) is 0 Å². The number of ether oxygens (including phenoxy) is 2. The van der Waals surface area contributed by atoms with Crippen molar-refractivity contribution in [2.75, 3.05) is 13.7 Å². The lowest BCUT2D eigenvalue weighted by Gasteiger charge is -2.13. The van der Waals surface area contributed by atoms with Crippen molar-refractivity contribution < 1.29 is 19.1 Å². The molecule has 0 amide bonds. The van der Waals surface area contributed by atoms with Crippen LogP contribution in [0.4, 0.5) is 0 Å². The Morgan fingerprint density at radius 2 is 2.06 bits per heavy atom. The highest BCUT2D eigenvalue weighted by atomic mass is 79.9. The number of rotatable bonds is 5. The van der Waals surface area contributed by atoms with Gasteiger partial charge in [-0.2, -0.15) is 0 Å². The van der Waals surface area contributed by atoms with Gasteiger partial charge in [-0.25, -0.2) is 4.79 Å². The SMILES string of the molecule is CCOC(=O)c1ccc(OC)cc1C(Br)C(C)=O. The molecule has 4 nitrogen and oxygen atoms in total. The highest BCUT2D eigenvalue weighted by Gasteiger charge is 2.22. The van der Waals surface area contributed by atoms with Crippen molar-refractivity contribution in [2.24, 2.45) is 0 Å². The average molecular weight is 315 g/mol. The number of hydrogen-bond donors (Lipinski definition) is 0. The van der Waals surface area contributed by atoms with E-state index in [0.717, 1.165) is 0 Å². The molecular weight excluding hydrogens is 300 g/mol. The molecule has 98 valence electrons. The Hall–Kier alpha value is -1.36. The largest absolute Gasteiger partial charge is 0.497 e. The lowest BCUT2D eigenvalue weighted by atomic mass is 10.0. The molecule has 1 atom stereocenters. The number of alkyl halides is 1. The quantitative estimate of drug-likeness (QED) is 0.619. The lowest BCUT2D eigenvalue weighted by molar-refractivity contribution is -0.116. The normalized spacial score (nSPS) is 11.8. The average Bonchev–Trinajstić information content (AvgIpc) is 2.37. The Bertz CT molecular complexity index is 456. The second-order valence-corrected chi connectivity index (χ2v) is 4.56. The van der Waals surface area contributed by atoms with Crippen molar-refractivity contribution in [2.45, 2.75) is 18.7 Å². The summed E-state index contributed by atoms with van der Waals surface area (Å²) >= 11 is 3.27. The molecule has 0 spiro atoms. The van der Waals surface area contributed by atoms with Gasteiger partial charge < -0.3 is 9.47 Å². The summed E-state index contributed by atoms with van der Waals surface area (Å²) in [6, 6.07) is 4.92. The monoisotopic (exact) mass is 314 g/mol. The van der Waals surface area contributed by atoms with Crippen LogP contribution in [0.1, 0.15) is 34.6 Å². The second-order valence-electron chi connectivity index (χ2n) is 3.65. The van der Waals surface area contributed by atoms with Gasteiger partial charge in [-0.15, -0.1) is 0 Å². The van der Waals surface area contributed by atoms with Crippen LogP contribution in [-0.4, -0.2) is 25.5 Å². The molecule has 0 aromatic heterocycles. The van der Waals surface area contributed by atoms with Gasteiger partial charge in [0.2, 0.25) is 0 Å². The van der Waals surface area contributed by atoms with Crippen molar-refractivity contribution >= 4 is 27.7 Å². The standard InChI is InChI=1S/C13H15BrO4/c1-4-18-13(16)10-6-5-9(17-3)7-11(10)12(14)8(2)15/h5-7,12H,4H2,1-3H3. The summed E-state index contributed by atoms with van der Waals surface area (Å²) in [4.78, 5) is 22.7. The minimum Gasteiger partial charge on any atom is -0.497 e. The summed E-state index contributed by atoms with van der Waals surface area (Å²) in [6.07, 6.45) is 0. The molecule has 1 aromatic rings. The minimum atomic E-state index is -0.549. The number of carbonyl (C=O) groups is 2. The second kappa shape index (κ2) is 6.54. The number of hydrogen-bond acceptors (Lipinski definition) is 4. The molecular formula is C13H15BrO4.